The molecule has 1 aliphatic carbocycles. The van der Waals surface area contributed by atoms with Crippen molar-refractivity contribution in [2.45, 2.75) is 102 Å². The van der Waals surface area contributed by atoms with Crippen LogP contribution in [0, 0.1) is 5.92 Å². The van der Waals surface area contributed by atoms with Crippen LogP contribution < -0.4 is 0 Å². The van der Waals surface area contributed by atoms with Crippen molar-refractivity contribution in [1.82, 2.24) is 14.7 Å². The molecule has 172 valence electrons. The van der Waals surface area contributed by atoms with Crippen molar-refractivity contribution in [1.29, 1.82) is 0 Å². The van der Waals surface area contributed by atoms with Gasteiger partial charge < -0.3 is 19.4 Å². The Morgan fingerprint density at radius 1 is 1.03 bits per heavy atom. The molecule has 0 spiro atoms. The van der Waals surface area contributed by atoms with Crippen LogP contribution in [0.25, 0.3) is 0 Å². The van der Waals surface area contributed by atoms with Gasteiger partial charge in [-0.25, -0.2) is 9.18 Å². The molecule has 5 atom stereocenters. The molecule has 0 N–H and O–H groups in total. The lowest BCUT2D eigenvalue weighted by molar-refractivity contribution is -0.133. The van der Waals surface area contributed by atoms with Gasteiger partial charge in [-0.2, -0.15) is 0 Å². The summed E-state index contributed by atoms with van der Waals surface area (Å²) in [7, 11) is 0. The first-order valence-electron chi connectivity index (χ1n) is 12.4. The minimum absolute atomic E-state index is 0.0663. The normalized spacial score (nSPS) is 36.9. The zero-order chi connectivity index (χ0) is 21.7. The highest BCUT2D eigenvalue weighted by Crippen LogP contribution is 2.43. The fraction of sp³-hybridized carbons (Fsp3) is 0.833. The molecule has 0 aromatic heterocycles. The highest BCUT2D eigenvalue weighted by Gasteiger charge is 2.47. The van der Waals surface area contributed by atoms with Gasteiger partial charge in [-0.15, -0.1) is 0 Å². The molecule has 31 heavy (non-hydrogen) atoms. The predicted octanol–water partition coefficient (Wildman–Crippen LogP) is 3.86. The van der Waals surface area contributed by atoms with Gasteiger partial charge in [0.05, 0.1) is 12.5 Å². The second-order valence-corrected chi connectivity index (χ2v) is 10.1. The summed E-state index contributed by atoms with van der Waals surface area (Å²) in [5, 5.41) is 0. The summed E-state index contributed by atoms with van der Waals surface area (Å²) in [5.41, 5.74) is 2.21. The number of fused-ring (bicyclic) bond motifs is 2. The van der Waals surface area contributed by atoms with Crippen LogP contribution in [0.2, 0.25) is 0 Å². The third-order valence-electron chi connectivity index (χ3n) is 8.50. The van der Waals surface area contributed by atoms with Gasteiger partial charge in [-0.3, -0.25) is 4.79 Å². The molecule has 7 heteroatoms. The van der Waals surface area contributed by atoms with E-state index in [1.54, 1.807) is 0 Å². The minimum atomic E-state index is -0.806. The Morgan fingerprint density at radius 3 is 2.35 bits per heavy atom. The van der Waals surface area contributed by atoms with Crippen molar-refractivity contribution in [3.63, 3.8) is 0 Å². The van der Waals surface area contributed by atoms with E-state index < -0.39 is 6.17 Å². The average Bonchev–Trinajstić information content (AvgIpc) is 3.17. The van der Waals surface area contributed by atoms with Crippen molar-refractivity contribution >= 4 is 12.0 Å². The van der Waals surface area contributed by atoms with Crippen LogP contribution in [0.1, 0.15) is 71.6 Å². The Labute approximate surface area is 184 Å². The first-order valence-corrected chi connectivity index (χ1v) is 12.4. The molecule has 3 fully saturated rings. The number of likely N-dealkylation sites (tertiary alicyclic amines) is 1. The van der Waals surface area contributed by atoms with Gasteiger partial charge in [0.2, 0.25) is 5.91 Å². The standard InChI is InChI=1S/C24H36FN3O3/c1-3-31-24(30)27-18-5-6-19(27)14-20(13-18)26-10-8-17(9-11-26)28-22-12-16(25)4-7-21(22)15(2)23(28)29/h15-20H,3-14H2,1-2H3/t15?,16?,18-,19+,20?. The molecule has 4 heterocycles. The van der Waals surface area contributed by atoms with Crippen LogP contribution in [-0.4, -0.2) is 76.7 Å². The quantitative estimate of drug-likeness (QED) is 0.678. The predicted molar refractivity (Wildman–Crippen MR) is 115 cm³/mol. The van der Waals surface area contributed by atoms with E-state index in [9.17, 15) is 14.0 Å². The van der Waals surface area contributed by atoms with E-state index in [4.69, 9.17) is 4.74 Å². The molecule has 4 aliphatic heterocycles. The van der Waals surface area contributed by atoms with Gasteiger partial charge in [0, 0.05) is 49.4 Å². The van der Waals surface area contributed by atoms with E-state index in [1.165, 1.54) is 5.57 Å². The summed E-state index contributed by atoms with van der Waals surface area (Å²) < 4.78 is 19.4. The van der Waals surface area contributed by atoms with Crippen molar-refractivity contribution in [2.24, 2.45) is 5.92 Å². The van der Waals surface area contributed by atoms with Gasteiger partial charge in [0.25, 0.3) is 0 Å². The first-order chi connectivity index (χ1) is 15.0. The van der Waals surface area contributed by atoms with Crippen LogP contribution in [-0.2, 0) is 9.53 Å². The van der Waals surface area contributed by atoms with Crippen LogP contribution in [0.3, 0.4) is 0 Å². The van der Waals surface area contributed by atoms with Gasteiger partial charge in [0.1, 0.15) is 6.17 Å². The zero-order valence-electron chi connectivity index (χ0n) is 18.9. The molecule has 6 nitrogen and oxygen atoms in total. The number of amides is 2. The maximum atomic E-state index is 14.1. The maximum Gasteiger partial charge on any atom is 0.410 e. The SMILES string of the molecule is CCOC(=O)N1[C@@H]2CC[C@H]1CC(N1CCC(N3C(=O)C(C)C4=C3CC(F)CC4)CC1)C2. The van der Waals surface area contributed by atoms with E-state index >= 15 is 0 Å². The number of nitrogens with zero attached hydrogens (tertiary/aromatic N) is 3. The van der Waals surface area contributed by atoms with Crippen LogP contribution in [0.5, 0.6) is 0 Å². The van der Waals surface area contributed by atoms with E-state index in [0.717, 1.165) is 63.7 Å². The molecular formula is C24H36FN3O3. The lowest BCUT2D eigenvalue weighted by Crippen LogP contribution is -2.55. The molecule has 3 saturated heterocycles. The number of allylic oxidation sites excluding steroid dienone is 1. The zero-order valence-corrected chi connectivity index (χ0v) is 18.9. The van der Waals surface area contributed by atoms with E-state index in [0.29, 0.717) is 37.6 Å². The average molecular weight is 434 g/mol. The highest BCUT2D eigenvalue weighted by atomic mass is 19.1. The van der Waals surface area contributed by atoms with Crippen LogP contribution in [0.4, 0.5) is 9.18 Å². The summed E-state index contributed by atoms with van der Waals surface area (Å²) in [4.78, 5) is 31.9. The molecule has 3 unspecified atom stereocenters. The Morgan fingerprint density at radius 2 is 1.71 bits per heavy atom. The van der Waals surface area contributed by atoms with E-state index in [-0.39, 0.29) is 24.0 Å². The topological polar surface area (TPSA) is 53.1 Å². The van der Waals surface area contributed by atoms with Gasteiger partial charge >= 0.3 is 6.09 Å². The van der Waals surface area contributed by atoms with Crippen molar-refractivity contribution in [3.05, 3.63) is 11.3 Å². The number of halogens is 1. The first kappa shape index (κ1) is 21.2. The summed E-state index contributed by atoms with van der Waals surface area (Å²) in [5.74, 6) is 0.127. The number of rotatable bonds is 3. The van der Waals surface area contributed by atoms with Crippen molar-refractivity contribution in [2.75, 3.05) is 19.7 Å². The molecule has 2 amide bonds. The van der Waals surface area contributed by atoms with E-state index in [1.807, 2.05) is 23.6 Å². The smallest absolute Gasteiger partial charge is 0.410 e. The third-order valence-corrected chi connectivity index (χ3v) is 8.50. The Bertz CT molecular complexity index is 749. The van der Waals surface area contributed by atoms with Crippen LogP contribution >= 0.6 is 0 Å². The van der Waals surface area contributed by atoms with E-state index in [2.05, 4.69) is 4.90 Å². The number of hydrogen-bond acceptors (Lipinski definition) is 4. The molecule has 5 aliphatic rings. The number of carbonyl (C=O) groups is 2. The molecule has 0 saturated carbocycles. The number of ether oxygens (including phenoxy) is 1. The van der Waals surface area contributed by atoms with Gasteiger partial charge in [-0.05, 0) is 70.8 Å². The number of hydrogen-bond donors (Lipinski definition) is 0. The third kappa shape index (κ3) is 3.66. The summed E-state index contributed by atoms with van der Waals surface area (Å²) in [6.07, 6.45) is 6.90. The highest BCUT2D eigenvalue weighted by molar-refractivity contribution is 5.87. The molecular weight excluding hydrogens is 397 g/mol. The maximum absolute atomic E-state index is 14.1. The fourth-order valence-electron chi connectivity index (χ4n) is 6.96. The number of carbonyl (C=O) groups excluding carboxylic acids is 2. The minimum Gasteiger partial charge on any atom is -0.450 e. The lowest BCUT2D eigenvalue weighted by atomic mass is 9.90. The number of alkyl halides is 1. The van der Waals surface area contributed by atoms with Gasteiger partial charge in [0.15, 0.2) is 0 Å². The lowest BCUT2D eigenvalue weighted by Gasteiger charge is -2.46. The molecule has 5 rings (SSSR count). The Kier molecular flexibility index (Phi) is 5.74. The Hall–Kier alpha value is -1.63. The summed E-state index contributed by atoms with van der Waals surface area (Å²) in [6.45, 7) is 6.25. The van der Waals surface area contributed by atoms with Crippen molar-refractivity contribution < 1.29 is 18.7 Å². The van der Waals surface area contributed by atoms with Gasteiger partial charge in [-0.1, -0.05) is 0 Å². The van der Waals surface area contributed by atoms with Crippen molar-refractivity contribution in [3.8, 4) is 0 Å². The van der Waals surface area contributed by atoms with Crippen LogP contribution in [0.15, 0.2) is 11.3 Å². The largest absolute Gasteiger partial charge is 0.450 e. The Balaban J connectivity index is 1.21. The molecule has 0 aromatic carbocycles. The number of piperidine rings is 2. The fourth-order valence-corrected chi connectivity index (χ4v) is 6.96. The summed E-state index contributed by atoms with van der Waals surface area (Å²) >= 11 is 0. The molecule has 0 aromatic rings. The second kappa shape index (κ2) is 8.38. The summed E-state index contributed by atoms with van der Waals surface area (Å²) in [6, 6.07) is 1.33. The molecule has 2 bridgehead atoms. The second-order valence-electron chi connectivity index (χ2n) is 10.1. The molecule has 0 radical (unpaired) electrons. The monoisotopic (exact) mass is 433 g/mol.